The van der Waals surface area contributed by atoms with E-state index >= 15 is 0 Å². The van der Waals surface area contributed by atoms with Gasteiger partial charge in [0.2, 0.25) is 5.91 Å². The van der Waals surface area contributed by atoms with Gasteiger partial charge in [0.1, 0.15) is 5.84 Å². The zero-order valence-electron chi connectivity index (χ0n) is 13.1. The summed E-state index contributed by atoms with van der Waals surface area (Å²) in [6.45, 7) is 1.83. The van der Waals surface area contributed by atoms with Crippen molar-refractivity contribution in [3.63, 3.8) is 0 Å². The first kappa shape index (κ1) is 14.4. The number of fused-ring (bicyclic) bond motifs is 1. The van der Waals surface area contributed by atoms with Gasteiger partial charge in [-0.2, -0.15) is 15.3 Å². The second-order valence-electron chi connectivity index (χ2n) is 5.95. The highest BCUT2D eigenvalue weighted by atomic mass is 16.2. The number of para-hydroxylation sites is 1. The van der Waals surface area contributed by atoms with Crippen LogP contribution in [0.4, 0.5) is 0 Å². The average molecular weight is 323 g/mol. The number of aromatic amines is 1. The van der Waals surface area contributed by atoms with Crippen LogP contribution in [0.15, 0.2) is 45.8 Å². The summed E-state index contributed by atoms with van der Waals surface area (Å²) in [5, 5.41) is 13.3. The molecule has 2 unspecified atom stereocenters. The molecule has 2 aliphatic heterocycles. The fourth-order valence-corrected chi connectivity index (χ4v) is 3.39. The fourth-order valence-electron chi connectivity index (χ4n) is 3.39. The number of carbonyl (C=O) groups excluding carboxylic acids is 1. The van der Waals surface area contributed by atoms with E-state index in [9.17, 15) is 4.79 Å². The molecule has 2 aliphatic rings. The van der Waals surface area contributed by atoms with E-state index in [4.69, 9.17) is 5.84 Å². The lowest BCUT2D eigenvalue weighted by Gasteiger charge is -2.27. The number of nitrogens with one attached hydrogen (secondary N) is 3. The van der Waals surface area contributed by atoms with Crippen LogP contribution in [0.3, 0.4) is 0 Å². The number of rotatable bonds is 2. The highest BCUT2D eigenvalue weighted by Gasteiger charge is 2.40. The maximum atomic E-state index is 12.2. The molecular formula is C16H17N7O. The summed E-state index contributed by atoms with van der Waals surface area (Å²) in [7, 11) is 0. The van der Waals surface area contributed by atoms with Crippen molar-refractivity contribution in [2.24, 2.45) is 33.0 Å². The first-order valence-corrected chi connectivity index (χ1v) is 7.70. The number of amidine groups is 1. The van der Waals surface area contributed by atoms with Crippen molar-refractivity contribution in [3.8, 4) is 0 Å². The van der Waals surface area contributed by atoms with Crippen LogP contribution < -0.4 is 16.7 Å². The SMILES string of the molecule is CC1=NNC(=O)C1C1CC(c2c[nH]c3ccccc23)=NN/C1=N\N. The monoisotopic (exact) mass is 323 g/mol. The number of aromatic nitrogens is 1. The van der Waals surface area contributed by atoms with Crippen molar-refractivity contribution in [2.45, 2.75) is 13.3 Å². The van der Waals surface area contributed by atoms with Crippen LogP contribution in [0.5, 0.6) is 0 Å². The predicted molar refractivity (Wildman–Crippen MR) is 92.4 cm³/mol. The number of benzene rings is 1. The average Bonchev–Trinajstić information content (AvgIpc) is 3.18. The van der Waals surface area contributed by atoms with Gasteiger partial charge in [-0.1, -0.05) is 18.2 Å². The lowest BCUT2D eigenvalue weighted by atomic mass is 9.82. The Labute approximate surface area is 137 Å². The number of nitrogens with two attached hydrogens (primary N) is 1. The molecule has 8 heteroatoms. The zero-order chi connectivity index (χ0) is 16.7. The number of carbonyl (C=O) groups is 1. The van der Waals surface area contributed by atoms with Crippen molar-refractivity contribution in [1.82, 2.24) is 15.8 Å². The van der Waals surface area contributed by atoms with Gasteiger partial charge < -0.3 is 10.8 Å². The molecule has 0 saturated heterocycles. The van der Waals surface area contributed by atoms with Gasteiger partial charge in [-0.25, -0.2) is 5.43 Å². The van der Waals surface area contributed by atoms with Gasteiger partial charge in [0, 0.05) is 40.7 Å². The molecule has 0 aliphatic carbocycles. The van der Waals surface area contributed by atoms with E-state index in [2.05, 4.69) is 31.1 Å². The second kappa shape index (κ2) is 5.48. The number of hydrogen-bond acceptors (Lipinski definition) is 5. The molecule has 3 heterocycles. The summed E-state index contributed by atoms with van der Waals surface area (Å²) in [5.41, 5.74) is 9.06. The van der Waals surface area contributed by atoms with E-state index < -0.39 is 5.92 Å². The first-order chi connectivity index (χ1) is 11.7. The third-order valence-electron chi connectivity index (χ3n) is 4.59. The quantitative estimate of drug-likeness (QED) is 0.485. The Balaban J connectivity index is 1.73. The molecular weight excluding hydrogens is 306 g/mol. The van der Waals surface area contributed by atoms with Crippen LogP contribution in [0.2, 0.25) is 0 Å². The Morgan fingerprint density at radius 1 is 1.25 bits per heavy atom. The number of nitrogens with zero attached hydrogens (tertiary/aromatic N) is 3. The Kier molecular flexibility index (Phi) is 3.30. The second-order valence-corrected chi connectivity index (χ2v) is 5.95. The van der Waals surface area contributed by atoms with Gasteiger partial charge in [-0.3, -0.25) is 10.2 Å². The Hall–Kier alpha value is -3.16. The Morgan fingerprint density at radius 2 is 2.08 bits per heavy atom. The molecule has 4 rings (SSSR count). The topological polar surface area (TPSA) is 120 Å². The fraction of sp³-hybridized carbons (Fsp3) is 0.250. The largest absolute Gasteiger partial charge is 0.360 e. The van der Waals surface area contributed by atoms with Crippen molar-refractivity contribution in [1.29, 1.82) is 0 Å². The van der Waals surface area contributed by atoms with Crippen LogP contribution in [-0.4, -0.2) is 28.2 Å². The van der Waals surface area contributed by atoms with Crippen molar-refractivity contribution in [3.05, 3.63) is 36.0 Å². The lowest BCUT2D eigenvalue weighted by Crippen LogP contribution is -2.44. The number of hydrazone groups is 3. The molecule has 122 valence electrons. The summed E-state index contributed by atoms with van der Waals surface area (Å²) in [6, 6.07) is 8.03. The van der Waals surface area contributed by atoms with Crippen molar-refractivity contribution >= 4 is 34.1 Å². The molecule has 1 amide bonds. The maximum absolute atomic E-state index is 12.2. The highest BCUT2D eigenvalue weighted by Crippen LogP contribution is 2.29. The van der Waals surface area contributed by atoms with Crippen LogP contribution >= 0.6 is 0 Å². The summed E-state index contributed by atoms with van der Waals surface area (Å²) < 4.78 is 0. The summed E-state index contributed by atoms with van der Waals surface area (Å²) >= 11 is 0. The minimum Gasteiger partial charge on any atom is -0.360 e. The standard InChI is InChI=1S/C16H17N7O/c1-8-14(16(24)23-20-8)10-6-13(21-22-15(10)19-17)11-7-18-12-5-3-2-4-9(11)12/h2-5,7,10,14,18H,6,17H2,1H3,(H,19,22)(H,23,24). The minimum absolute atomic E-state index is 0.138. The van der Waals surface area contributed by atoms with Gasteiger partial charge in [-0.05, 0) is 13.0 Å². The molecule has 0 radical (unpaired) electrons. The first-order valence-electron chi connectivity index (χ1n) is 7.70. The minimum atomic E-state index is -0.393. The van der Waals surface area contributed by atoms with E-state index in [1.807, 2.05) is 37.4 Å². The molecule has 24 heavy (non-hydrogen) atoms. The number of H-pyrrole nitrogens is 1. The Bertz CT molecular complexity index is 908. The van der Waals surface area contributed by atoms with E-state index in [1.54, 1.807) is 0 Å². The van der Waals surface area contributed by atoms with Gasteiger partial charge in [-0.15, -0.1) is 0 Å². The molecule has 1 aromatic heterocycles. The van der Waals surface area contributed by atoms with Crippen LogP contribution in [-0.2, 0) is 4.79 Å². The highest BCUT2D eigenvalue weighted by molar-refractivity contribution is 6.16. The van der Waals surface area contributed by atoms with Gasteiger partial charge in [0.25, 0.3) is 0 Å². The van der Waals surface area contributed by atoms with E-state index in [-0.39, 0.29) is 11.8 Å². The molecule has 2 aromatic rings. The summed E-state index contributed by atoms with van der Waals surface area (Å²) in [5.74, 6) is 5.23. The van der Waals surface area contributed by atoms with Gasteiger partial charge >= 0.3 is 0 Å². The molecule has 0 bridgehead atoms. The predicted octanol–water partition coefficient (Wildman–Crippen LogP) is 0.876. The van der Waals surface area contributed by atoms with Crippen molar-refractivity contribution in [2.75, 3.05) is 0 Å². The lowest BCUT2D eigenvalue weighted by molar-refractivity contribution is -0.122. The molecule has 2 atom stereocenters. The zero-order valence-corrected chi connectivity index (χ0v) is 13.1. The molecule has 0 fully saturated rings. The maximum Gasteiger partial charge on any atom is 0.249 e. The van der Waals surface area contributed by atoms with Gasteiger partial charge in [0.15, 0.2) is 0 Å². The molecule has 0 saturated carbocycles. The van der Waals surface area contributed by atoms with E-state index in [0.717, 1.165) is 27.9 Å². The van der Waals surface area contributed by atoms with Crippen LogP contribution in [0, 0.1) is 11.8 Å². The Morgan fingerprint density at radius 3 is 2.83 bits per heavy atom. The summed E-state index contributed by atoms with van der Waals surface area (Å²) in [4.78, 5) is 15.4. The van der Waals surface area contributed by atoms with Crippen LogP contribution in [0.1, 0.15) is 18.9 Å². The summed E-state index contributed by atoms with van der Waals surface area (Å²) in [6.07, 6.45) is 2.48. The van der Waals surface area contributed by atoms with E-state index in [0.29, 0.717) is 12.3 Å². The molecule has 8 nitrogen and oxygen atoms in total. The third kappa shape index (κ3) is 2.15. The molecule has 0 spiro atoms. The molecule has 1 aromatic carbocycles. The third-order valence-corrected chi connectivity index (χ3v) is 4.59. The van der Waals surface area contributed by atoms with Crippen molar-refractivity contribution < 1.29 is 4.79 Å². The smallest absolute Gasteiger partial charge is 0.249 e. The molecule has 5 N–H and O–H groups in total. The number of amides is 1. The van der Waals surface area contributed by atoms with Gasteiger partial charge in [0.05, 0.1) is 11.6 Å². The normalized spacial score (nSPS) is 25.4. The van der Waals surface area contributed by atoms with E-state index in [1.165, 1.54) is 0 Å². The number of hydrogen-bond donors (Lipinski definition) is 4. The van der Waals surface area contributed by atoms with Crippen LogP contribution in [0.25, 0.3) is 10.9 Å².